The number of aliphatic imine (C=N–C) groups is 1. The number of aromatic nitrogens is 1. The van der Waals surface area contributed by atoms with E-state index in [1.54, 1.807) is 18.4 Å². The van der Waals surface area contributed by atoms with Gasteiger partial charge in [0, 0.05) is 51.1 Å². The summed E-state index contributed by atoms with van der Waals surface area (Å²) in [5.41, 5.74) is 0.875. The van der Waals surface area contributed by atoms with Crippen LogP contribution in [0.3, 0.4) is 0 Å². The summed E-state index contributed by atoms with van der Waals surface area (Å²) < 4.78 is 0. The van der Waals surface area contributed by atoms with Crippen molar-refractivity contribution < 1.29 is 4.79 Å². The highest BCUT2D eigenvalue weighted by Crippen LogP contribution is 2.24. The zero-order valence-electron chi connectivity index (χ0n) is 17.0. The minimum absolute atomic E-state index is 0. The molecule has 154 valence electrons. The Morgan fingerprint density at radius 1 is 1.37 bits per heavy atom. The van der Waals surface area contributed by atoms with Crippen molar-refractivity contribution in [1.29, 1.82) is 0 Å². The summed E-state index contributed by atoms with van der Waals surface area (Å²) >= 11 is 1.72. The van der Waals surface area contributed by atoms with Crippen molar-refractivity contribution in [3.05, 3.63) is 11.1 Å². The van der Waals surface area contributed by atoms with E-state index in [1.807, 2.05) is 32.7 Å². The molecule has 27 heavy (non-hydrogen) atoms. The molecule has 1 amide bonds. The molecule has 0 aliphatic carbocycles. The fraction of sp³-hybridized carbons (Fsp3) is 0.722. The first-order valence-electron chi connectivity index (χ1n) is 9.20. The number of carbonyl (C=O) groups is 1. The number of anilines is 1. The lowest BCUT2D eigenvalue weighted by Crippen LogP contribution is -2.49. The third-order valence-electron chi connectivity index (χ3n) is 4.05. The van der Waals surface area contributed by atoms with E-state index in [9.17, 15) is 4.79 Å². The maximum Gasteiger partial charge on any atom is 0.240 e. The molecule has 0 saturated carbocycles. The second-order valence-electron chi connectivity index (χ2n) is 7.69. The molecule has 0 bridgehead atoms. The van der Waals surface area contributed by atoms with Crippen LogP contribution in [0.1, 0.15) is 39.3 Å². The number of hydrogen-bond donors (Lipinski definition) is 2. The van der Waals surface area contributed by atoms with Gasteiger partial charge in [0.15, 0.2) is 11.1 Å². The van der Waals surface area contributed by atoms with Gasteiger partial charge in [-0.05, 0) is 33.6 Å². The first-order valence-corrected chi connectivity index (χ1v) is 10.1. The van der Waals surface area contributed by atoms with E-state index < -0.39 is 0 Å². The maximum atomic E-state index is 12.1. The Morgan fingerprint density at radius 3 is 2.63 bits per heavy atom. The summed E-state index contributed by atoms with van der Waals surface area (Å²) in [4.78, 5) is 25.3. The Hall–Kier alpha value is -1.10. The Morgan fingerprint density at radius 2 is 2.04 bits per heavy atom. The third-order valence-corrected chi connectivity index (χ3v) is 5.00. The molecule has 1 aromatic rings. The zero-order valence-corrected chi connectivity index (χ0v) is 20.2. The Balaban J connectivity index is 0.00000364. The predicted molar refractivity (Wildman–Crippen MR) is 125 cm³/mol. The molecule has 1 saturated heterocycles. The predicted octanol–water partition coefficient (Wildman–Crippen LogP) is 2.33. The fourth-order valence-electron chi connectivity index (χ4n) is 2.90. The van der Waals surface area contributed by atoms with Gasteiger partial charge in [-0.3, -0.25) is 9.79 Å². The zero-order chi connectivity index (χ0) is 19.2. The van der Waals surface area contributed by atoms with Crippen LogP contribution in [0.5, 0.6) is 0 Å². The SMILES string of the molecule is CN=C(NCCc1csc(N2CCCC2)n1)N(C)CC(=O)NC(C)(C)C.I. The minimum Gasteiger partial charge on any atom is -0.356 e. The van der Waals surface area contributed by atoms with Crippen molar-refractivity contribution >= 4 is 52.3 Å². The number of thiazole rings is 1. The van der Waals surface area contributed by atoms with Crippen molar-refractivity contribution in [2.24, 2.45) is 4.99 Å². The average Bonchev–Trinajstić information content (AvgIpc) is 3.20. The molecule has 9 heteroatoms. The molecule has 1 aliphatic heterocycles. The normalized spacial score (nSPS) is 14.7. The lowest BCUT2D eigenvalue weighted by Gasteiger charge is -2.25. The van der Waals surface area contributed by atoms with E-state index in [0.717, 1.165) is 36.9 Å². The van der Waals surface area contributed by atoms with Crippen LogP contribution in [-0.2, 0) is 11.2 Å². The summed E-state index contributed by atoms with van der Waals surface area (Å²) in [5, 5.41) is 9.55. The molecule has 1 aromatic heterocycles. The number of guanidine groups is 1. The van der Waals surface area contributed by atoms with E-state index in [1.165, 1.54) is 12.8 Å². The van der Waals surface area contributed by atoms with Crippen molar-refractivity contribution in [3.63, 3.8) is 0 Å². The largest absolute Gasteiger partial charge is 0.356 e. The van der Waals surface area contributed by atoms with Crippen LogP contribution in [0.2, 0.25) is 0 Å². The van der Waals surface area contributed by atoms with Gasteiger partial charge in [0.2, 0.25) is 5.91 Å². The summed E-state index contributed by atoms with van der Waals surface area (Å²) in [7, 11) is 3.60. The van der Waals surface area contributed by atoms with Gasteiger partial charge in [-0.15, -0.1) is 35.3 Å². The molecule has 0 unspecified atom stereocenters. The molecular formula is C18H33IN6OS. The summed E-state index contributed by atoms with van der Waals surface area (Å²) in [5.74, 6) is 0.696. The smallest absolute Gasteiger partial charge is 0.240 e. The van der Waals surface area contributed by atoms with Crippen LogP contribution in [0, 0.1) is 0 Å². The quantitative estimate of drug-likeness (QED) is 0.351. The van der Waals surface area contributed by atoms with Crippen LogP contribution in [0.25, 0.3) is 0 Å². The monoisotopic (exact) mass is 508 g/mol. The third kappa shape index (κ3) is 8.20. The van der Waals surface area contributed by atoms with E-state index in [-0.39, 0.29) is 42.0 Å². The number of nitrogens with zero attached hydrogens (tertiary/aromatic N) is 4. The molecule has 0 atom stereocenters. The van der Waals surface area contributed by atoms with Crippen LogP contribution < -0.4 is 15.5 Å². The molecule has 2 rings (SSSR count). The van der Waals surface area contributed by atoms with Gasteiger partial charge in [-0.1, -0.05) is 0 Å². The summed E-state index contributed by atoms with van der Waals surface area (Å²) in [6.45, 7) is 9.18. The Kier molecular flexibility index (Phi) is 9.78. The molecule has 1 aliphatic rings. The summed E-state index contributed by atoms with van der Waals surface area (Å²) in [6, 6.07) is 0. The van der Waals surface area contributed by atoms with E-state index in [4.69, 9.17) is 4.98 Å². The van der Waals surface area contributed by atoms with Gasteiger partial charge in [-0.2, -0.15) is 0 Å². The fourth-order valence-corrected chi connectivity index (χ4v) is 3.81. The molecule has 0 aromatic carbocycles. The van der Waals surface area contributed by atoms with Gasteiger partial charge in [-0.25, -0.2) is 4.98 Å². The van der Waals surface area contributed by atoms with Gasteiger partial charge >= 0.3 is 0 Å². The standard InChI is InChI=1S/C18H32N6OS.HI/c1-18(2,3)22-15(25)12-23(5)16(19-4)20-9-8-14-13-26-17(21-14)24-10-6-7-11-24;/h13H,6-12H2,1-5H3,(H,19,20)(H,22,25);1H. The first kappa shape index (κ1) is 23.9. The Bertz CT molecular complexity index is 622. The van der Waals surface area contributed by atoms with Crippen molar-refractivity contribution in [1.82, 2.24) is 20.5 Å². The topological polar surface area (TPSA) is 72.9 Å². The summed E-state index contributed by atoms with van der Waals surface area (Å²) in [6.07, 6.45) is 3.37. The van der Waals surface area contributed by atoms with Crippen LogP contribution in [-0.4, -0.2) is 67.6 Å². The Labute approximate surface area is 184 Å². The number of likely N-dealkylation sites (N-methyl/N-ethyl adjacent to an activating group) is 1. The number of halogens is 1. The highest BCUT2D eigenvalue weighted by molar-refractivity contribution is 14.0. The minimum atomic E-state index is -0.230. The van der Waals surface area contributed by atoms with Crippen LogP contribution in [0.4, 0.5) is 5.13 Å². The molecule has 7 nitrogen and oxygen atoms in total. The lowest BCUT2D eigenvalue weighted by molar-refractivity contribution is -0.122. The van der Waals surface area contributed by atoms with Gasteiger partial charge in [0.25, 0.3) is 0 Å². The second kappa shape index (κ2) is 11.0. The average molecular weight is 508 g/mol. The molecule has 0 radical (unpaired) electrons. The van der Waals surface area contributed by atoms with Gasteiger partial charge in [0.05, 0.1) is 12.2 Å². The van der Waals surface area contributed by atoms with Crippen molar-refractivity contribution in [2.45, 2.75) is 45.6 Å². The number of rotatable bonds is 6. The van der Waals surface area contributed by atoms with Crippen LogP contribution in [0.15, 0.2) is 10.4 Å². The molecule has 2 N–H and O–H groups in total. The maximum absolute atomic E-state index is 12.1. The first-order chi connectivity index (χ1) is 12.3. The van der Waals surface area contributed by atoms with E-state index in [0.29, 0.717) is 5.96 Å². The second-order valence-corrected chi connectivity index (χ2v) is 8.53. The number of nitrogens with one attached hydrogen (secondary N) is 2. The molecule has 2 heterocycles. The lowest BCUT2D eigenvalue weighted by atomic mass is 10.1. The van der Waals surface area contributed by atoms with Crippen molar-refractivity contribution in [3.8, 4) is 0 Å². The number of carbonyl (C=O) groups excluding carboxylic acids is 1. The number of hydrogen-bond acceptors (Lipinski definition) is 5. The van der Waals surface area contributed by atoms with Gasteiger partial charge in [0.1, 0.15) is 0 Å². The highest BCUT2D eigenvalue weighted by atomic mass is 127. The van der Waals surface area contributed by atoms with E-state index in [2.05, 4.69) is 25.9 Å². The molecular weight excluding hydrogens is 475 g/mol. The van der Waals surface area contributed by atoms with E-state index >= 15 is 0 Å². The molecule has 0 spiro atoms. The van der Waals surface area contributed by atoms with Gasteiger partial charge < -0.3 is 20.4 Å². The number of amides is 1. The van der Waals surface area contributed by atoms with Crippen LogP contribution >= 0.6 is 35.3 Å². The molecule has 1 fully saturated rings. The highest BCUT2D eigenvalue weighted by Gasteiger charge is 2.17. The van der Waals surface area contributed by atoms with Crippen molar-refractivity contribution in [2.75, 3.05) is 45.2 Å².